The molecule has 3 aliphatic rings. The summed E-state index contributed by atoms with van der Waals surface area (Å²) >= 11 is 5.96. The third-order valence-corrected chi connectivity index (χ3v) is 15.8. The van der Waals surface area contributed by atoms with Crippen LogP contribution >= 0.6 is 11.6 Å². The van der Waals surface area contributed by atoms with Gasteiger partial charge in [0.05, 0.1) is 35.8 Å². The van der Waals surface area contributed by atoms with Gasteiger partial charge in [-0.15, -0.1) is 0 Å². The average molecular weight is 1110 g/mol. The van der Waals surface area contributed by atoms with Gasteiger partial charge in [-0.25, -0.2) is 17.9 Å². The van der Waals surface area contributed by atoms with Crippen LogP contribution in [-0.2, 0) is 45.4 Å². The first kappa shape index (κ1) is 59.3. The molecule has 418 valence electrons. The van der Waals surface area contributed by atoms with E-state index in [1.807, 2.05) is 93.7 Å². The molecule has 8 rings (SSSR count). The van der Waals surface area contributed by atoms with Crippen LogP contribution < -0.4 is 30.7 Å². The van der Waals surface area contributed by atoms with Crippen molar-refractivity contribution in [2.45, 2.75) is 126 Å². The molecule has 7 N–H and O–H groups in total. The SMILES string of the molecule is CC(C)(C)NC(=O)[C@@H]1CN(Cc2cccnc2)CCN1C[C@@H](O)C[C@@H](Cc1ccccc1)C(=O)N[C@H]1c2ccccc2C[C@H]1O.COc1ccc(Cl)cc1C(=O)NCCc1ccc(S(=O)(=O)NC(=O)NC2CCCCC2)cc1. The number of sulfonamides is 1. The van der Waals surface area contributed by atoms with Gasteiger partial charge in [-0.2, -0.15) is 0 Å². The van der Waals surface area contributed by atoms with Gasteiger partial charge in [0, 0.05) is 80.6 Å². The second-order valence-corrected chi connectivity index (χ2v) is 23.6. The van der Waals surface area contributed by atoms with E-state index in [4.69, 9.17) is 16.3 Å². The lowest BCUT2D eigenvalue weighted by molar-refractivity contribution is -0.132. The largest absolute Gasteiger partial charge is 0.496 e. The second kappa shape index (κ2) is 28.0. The van der Waals surface area contributed by atoms with Gasteiger partial charge >= 0.3 is 6.03 Å². The number of urea groups is 1. The van der Waals surface area contributed by atoms with Gasteiger partial charge in [0.1, 0.15) is 11.8 Å². The van der Waals surface area contributed by atoms with Gasteiger partial charge in [0.25, 0.3) is 15.9 Å². The van der Waals surface area contributed by atoms with Crippen LogP contribution in [0.4, 0.5) is 4.79 Å². The van der Waals surface area contributed by atoms with E-state index < -0.39 is 51.8 Å². The van der Waals surface area contributed by atoms with Crippen molar-refractivity contribution in [2.24, 2.45) is 5.92 Å². The molecule has 5 atom stereocenters. The molecule has 78 heavy (non-hydrogen) atoms. The van der Waals surface area contributed by atoms with Gasteiger partial charge in [-0.05, 0) is 117 Å². The van der Waals surface area contributed by atoms with E-state index in [1.54, 1.807) is 30.5 Å². The minimum atomic E-state index is -3.97. The maximum absolute atomic E-state index is 13.8. The van der Waals surface area contributed by atoms with Gasteiger partial charge in [-0.3, -0.25) is 29.2 Å². The van der Waals surface area contributed by atoms with Crippen molar-refractivity contribution in [2.75, 3.05) is 39.8 Å². The number of methoxy groups -OCH3 is 1. The van der Waals surface area contributed by atoms with Crippen molar-refractivity contribution in [1.29, 1.82) is 0 Å². The third-order valence-electron chi connectivity index (χ3n) is 14.2. The molecule has 1 aliphatic heterocycles. The smallest absolute Gasteiger partial charge is 0.328 e. The highest BCUT2D eigenvalue weighted by Crippen LogP contribution is 2.32. The van der Waals surface area contributed by atoms with Crippen molar-refractivity contribution in [1.82, 2.24) is 40.8 Å². The summed E-state index contributed by atoms with van der Waals surface area (Å²) in [5.41, 5.74) is 4.85. The number of carbonyl (C=O) groups excluding carboxylic acids is 4. The number of carbonyl (C=O) groups is 4. The van der Waals surface area contributed by atoms with Crippen LogP contribution in [0.2, 0.25) is 5.02 Å². The summed E-state index contributed by atoms with van der Waals surface area (Å²) in [6, 6.07) is 30.9. The number of hydrogen-bond donors (Lipinski definition) is 7. The number of halogens is 1. The Morgan fingerprint density at radius 2 is 1.58 bits per heavy atom. The molecule has 4 aromatic carbocycles. The maximum Gasteiger partial charge on any atom is 0.328 e. The number of nitrogens with one attached hydrogen (secondary N) is 5. The predicted molar refractivity (Wildman–Crippen MR) is 300 cm³/mol. The Labute approximate surface area is 463 Å². The van der Waals surface area contributed by atoms with Crippen molar-refractivity contribution in [3.63, 3.8) is 0 Å². The quantitative estimate of drug-likeness (QED) is 0.0470. The highest BCUT2D eigenvalue weighted by Gasteiger charge is 2.37. The van der Waals surface area contributed by atoms with Gasteiger partial charge in [0.2, 0.25) is 11.8 Å². The number of ether oxygens (including phenoxy) is 1. The maximum atomic E-state index is 13.8. The molecule has 1 saturated carbocycles. The zero-order valence-electron chi connectivity index (χ0n) is 45.0. The first-order valence-corrected chi connectivity index (χ1v) is 28.7. The van der Waals surface area contributed by atoms with E-state index in [1.165, 1.54) is 25.3 Å². The number of aliphatic hydroxyl groups is 2. The number of piperazine rings is 1. The normalized spacial score (nSPS) is 18.7. The molecular formula is C59H75ClN8O9S. The molecule has 5 aromatic rings. The molecule has 17 nitrogen and oxygen atoms in total. The predicted octanol–water partition coefficient (Wildman–Crippen LogP) is 6.51. The fourth-order valence-electron chi connectivity index (χ4n) is 10.3. The number of β-amino-alcohol motifs (C(OH)–C–C–N with tert-alkyl or cyclic N) is 1. The monoisotopic (exact) mass is 1110 g/mol. The van der Waals surface area contributed by atoms with Crippen molar-refractivity contribution in [3.8, 4) is 5.75 Å². The number of aliphatic hydroxyl groups excluding tert-OH is 2. The fourth-order valence-corrected chi connectivity index (χ4v) is 11.4. The molecule has 1 aromatic heterocycles. The summed E-state index contributed by atoms with van der Waals surface area (Å²) in [7, 11) is -2.49. The number of amides is 5. The molecule has 0 radical (unpaired) electrons. The summed E-state index contributed by atoms with van der Waals surface area (Å²) in [4.78, 5) is 60.4. The summed E-state index contributed by atoms with van der Waals surface area (Å²) in [6.07, 6.45) is 8.69. The molecule has 5 amide bonds. The van der Waals surface area contributed by atoms with Gasteiger partial charge in [-0.1, -0.05) is 104 Å². The summed E-state index contributed by atoms with van der Waals surface area (Å²) in [6.45, 7) is 9.08. The average Bonchev–Trinajstić information content (AvgIpc) is 3.73. The number of hydrogen-bond acceptors (Lipinski definition) is 12. The summed E-state index contributed by atoms with van der Waals surface area (Å²) in [5, 5.41) is 34.5. The van der Waals surface area contributed by atoms with Crippen LogP contribution in [0.15, 0.2) is 126 Å². The van der Waals surface area contributed by atoms with Crippen molar-refractivity contribution >= 4 is 45.4 Å². The summed E-state index contributed by atoms with van der Waals surface area (Å²) < 4.78 is 32.2. The molecular weight excluding hydrogens is 1030 g/mol. The van der Waals surface area contributed by atoms with Crippen LogP contribution in [0.5, 0.6) is 5.75 Å². The van der Waals surface area contributed by atoms with E-state index in [9.17, 15) is 37.8 Å². The number of nitrogens with zero attached hydrogens (tertiary/aromatic N) is 3. The Balaban J connectivity index is 0.000000238. The molecule has 2 aliphatic carbocycles. The number of aromatic nitrogens is 1. The molecule has 0 bridgehead atoms. The van der Waals surface area contributed by atoms with E-state index >= 15 is 0 Å². The fraction of sp³-hybridized carbons (Fsp3) is 0.441. The Hall–Kier alpha value is -6.41. The van der Waals surface area contributed by atoms with Crippen LogP contribution in [0.3, 0.4) is 0 Å². The molecule has 2 heterocycles. The Bertz CT molecular complexity index is 2890. The highest BCUT2D eigenvalue weighted by molar-refractivity contribution is 7.90. The van der Waals surface area contributed by atoms with E-state index in [0.29, 0.717) is 61.8 Å². The molecule has 19 heteroatoms. The Morgan fingerprint density at radius 3 is 2.28 bits per heavy atom. The second-order valence-electron chi connectivity index (χ2n) is 21.5. The van der Waals surface area contributed by atoms with Gasteiger partial charge < -0.3 is 36.2 Å². The lowest BCUT2D eigenvalue weighted by Gasteiger charge is -2.42. The van der Waals surface area contributed by atoms with Crippen molar-refractivity contribution in [3.05, 3.63) is 160 Å². The molecule has 0 unspecified atom stereocenters. The van der Waals surface area contributed by atoms with Crippen LogP contribution in [0, 0.1) is 5.92 Å². The van der Waals surface area contributed by atoms with Crippen LogP contribution in [0.25, 0.3) is 0 Å². The number of rotatable bonds is 19. The van der Waals surface area contributed by atoms with E-state index in [0.717, 1.165) is 66.5 Å². The zero-order valence-corrected chi connectivity index (χ0v) is 46.6. The molecule has 0 spiro atoms. The number of benzene rings is 4. The number of pyridine rings is 1. The first-order chi connectivity index (χ1) is 37.3. The first-order valence-electron chi connectivity index (χ1n) is 26.8. The van der Waals surface area contributed by atoms with E-state index in [2.05, 4.69) is 40.8 Å². The topological polar surface area (TPSA) is 232 Å². The van der Waals surface area contributed by atoms with Gasteiger partial charge in [0.15, 0.2) is 0 Å². The molecule has 2 fully saturated rings. The van der Waals surface area contributed by atoms with Crippen LogP contribution in [0.1, 0.15) is 104 Å². The Morgan fingerprint density at radius 1 is 0.859 bits per heavy atom. The molecule has 1 saturated heterocycles. The third kappa shape index (κ3) is 17.5. The lowest BCUT2D eigenvalue weighted by Crippen LogP contribution is -2.61. The minimum Gasteiger partial charge on any atom is -0.496 e. The van der Waals surface area contributed by atoms with Crippen molar-refractivity contribution < 1.29 is 42.5 Å². The number of fused-ring (bicyclic) bond motifs is 1. The van der Waals surface area contributed by atoms with E-state index in [-0.39, 0.29) is 41.6 Å². The Kier molecular flexibility index (Phi) is 21.2. The lowest BCUT2D eigenvalue weighted by atomic mass is 9.91. The van der Waals surface area contributed by atoms with Crippen LogP contribution in [-0.4, -0.2) is 127 Å². The zero-order chi connectivity index (χ0) is 55.8. The summed E-state index contributed by atoms with van der Waals surface area (Å²) in [5.74, 6) is -0.677. The standard InChI is InChI=1S/C36H47N5O4.C23H28ClN3O5S/c1-36(2,3)39-35(45)31-24-40(22-26-12-9-15-37-21-26)16-17-41(31)23-29(42)19-28(18-25-10-5-4-6-11-25)34(44)38-33-30-14-8-7-13-27(30)20-32(33)43;1-32-21-12-9-17(24)15-20(21)22(28)25-14-13-16-7-10-19(11-8-16)33(30,31)27-23(29)26-18-5-3-2-4-6-18/h4-15,21,28-29,31-33,42-43H,16-20,22-24H2,1-3H3,(H,38,44)(H,39,45);7-12,15,18H,2-6,13-14H2,1H3,(H,25,28)(H2,26,27,29)/t28-,29+,31+,32-,33+;/m1./s1. The highest BCUT2D eigenvalue weighted by atomic mass is 35.5. The minimum absolute atomic E-state index is 0.00209.